The molecule has 26 heavy (non-hydrogen) atoms. The fourth-order valence-electron chi connectivity index (χ4n) is 3.19. The average Bonchev–Trinajstić information content (AvgIpc) is 2.62. The highest BCUT2D eigenvalue weighted by molar-refractivity contribution is 7.89. The second kappa shape index (κ2) is 8.18. The second-order valence-corrected chi connectivity index (χ2v) is 8.96. The number of thiocarbonyl (C=S) groups is 1. The Labute approximate surface area is 160 Å². The first-order chi connectivity index (χ1) is 12.4. The highest BCUT2D eigenvalue weighted by Gasteiger charge is 2.27. The van der Waals surface area contributed by atoms with Gasteiger partial charge < -0.3 is 19.7 Å². The SMILES string of the molecule is C[C@@H]1CN(C(=S)Nc2ccc(S(=O)(=O)N3CCOCC3)cc2)C[C@H](C)O1. The molecule has 2 atom stereocenters. The van der Waals surface area contributed by atoms with Crippen molar-refractivity contribution in [3.63, 3.8) is 0 Å². The van der Waals surface area contributed by atoms with E-state index in [1.807, 2.05) is 13.8 Å². The summed E-state index contributed by atoms with van der Waals surface area (Å²) in [6.07, 6.45) is 0.249. The Morgan fingerprint density at radius 2 is 1.69 bits per heavy atom. The number of nitrogens with one attached hydrogen (secondary N) is 1. The summed E-state index contributed by atoms with van der Waals surface area (Å²) in [5.41, 5.74) is 0.766. The quantitative estimate of drug-likeness (QED) is 0.773. The van der Waals surface area contributed by atoms with E-state index in [0.717, 1.165) is 18.8 Å². The Kier molecular flexibility index (Phi) is 6.13. The lowest BCUT2D eigenvalue weighted by molar-refractivity contribution is -0.0473. The van der Waals surface area contributed by atoms with Crippen LogP contribution in [0.3, 0.4) is 0 Å². The zero-order valence-electron chi connectivity index (χ0n) is 15.1. The zero-order chi connectivity index (χ0) is 18.7. The molecule has 0 bridgehead atoms. The van der Waals surface area contributed by atoms with Gasteiger partial charge in [0, 0.05) is 31.9 Å². The van der Waals surface area contributed by atoms with Crippen molar-refractivity contribution in [3.05, 3.63) is 24.3 Å². The van der Waals surface area contributed by atoms with E-state index in [1.165, 1.54) is 4.31 Å². The third-order valence-electron chi connectivity index (χ3n) is 4.42. The molecule has 0 aromatic heterocycles. The minimum atomic E-state index is -3.48. The summed E-state index contributed by atoms with van der Waals surface area (Å²) in [7, 11) is -3.48. The van der Waals surface area contributed by atoms with E-state index in [2.05, 4.69) is 10.2 Å². The standard InChI is InChI=1S/C17H25N3O4S2/c1-13-11-19(12-14(2)24-13)17(25)18-15-3-5-16(6-4-15)26(21,22)20-7-9-23-10-8-20/h3-6,13-14H,7-12H2,1-2H3,(H,18,25)/t13-,14+. The predicted molar refractivity (Wildman–Crippen MR) is 104 cm³/mol. The molecule has 0 spiro atoms. The van der Waals surface area contributed by atoms with Crippen molar-refractivity contribution in [3.8, 4) is 0 Å². The summed E-state index contributed by atoms with van der Waals surface area (Å²) in [6.45, 7) is 7.17. The number of nitrogens with zero attached hydrogens (tertiary/aromatic N) is 2. The van der Waals surface area contributed by atoms with Gasteiger partial charge in [-0.3, -0.25) is 0 Å². The van der Waals surface area contributed by atoms with Gasteiger partial charge in [0.25, 0.3) is 0 Å². The van der Waals surface area contributed by atoms with Gasteiger partial charge in [-0.2, -0.15) is 4.31 Å². The monoisotopic (exact) mass is 399 g/mol. The van der Waals surface area contributed by atoms with Crippen LogP contribution in [0, 0.1) is 0 Å². The average molecular weight is 400 g/mol. The summed E-state index contributed by atoms with van der Waals surface area (Å²) < 4.78 is 37.7. The van der Waals surface area contributed by atoms with Crippen molar-refractivity contribution in [2.75, 3.05) is 44.7 Å². The third kappa shape index (κ3) is 4.52. The molecule has 2 fully saturated rings. The minimum Gasteiger partial charge on any atom is -0.379 e. The van der Waals surface area contributed by atoms with E-state index in [4.69, 9.17) is 21.7 Å². The van der Waals surface area contributed by atoms with E-state index in [0.29, 0.717) is 31.4 Å². The smallest absolute Gasteiger partial charge is 0.243 e. The molecule has 0 amide bonds. The first-order valence-corrected chi connectivity index (χ1v) is 10.6. The van der Waals surface area contributed by atoms with Crippen molar-refractivity contribution in [2.24, 2.45) is 0 Å². The van der Waals surface area contributed by atoms with Gasteiger partial charge >= 0.3 is 0 Å². The van der Waals surface area contributed by atoms with Crippen LogP contribution in [-0.2, 0) is 19.5 Å². The highest BCUT2D eigenvalue weighted by atomic mass is 32.2. The number of ether oxygens (including phenoxy) is 2. The predicted octanol–water partition coefficient (Wildman–Crippen LogP) is 1.51. The largest absolute Gasteiger partial charge is 0.379 e. The van der Waals surface area contributed by atoms with Gasteiger partial charge in [-0.25, -0.2) is 8.42 Å². The summed E-state index contributed by atoms with van der Waals surface area (Å²) in [6, 6.07) is 6.71. The molecular formula is C17H25N3O4S2. The fourth-order valence-corrected chi connectivity index (χ4v) is 4.87. The maximum Gasteiger partial charge on any atom is 0.243 e. The van der Waals surface area contributed by atoms with Crippen molar-refractivity contribution in [1.82, 2.24) is 9.21 Å². The van der Waals surface area contributed by atoms with Crippen LogP contribution in [0.15, 0.2) is 29.2 Å². The van der Waals surface area contributed by atoms with E-state index >= 15 is 0 Å². The van der Waals surface area contributed by atoms with Gasteiger partial charge in [0.2, 0.25) is 10.0 Å². The molecule has 2 heterocycles. The molecule has 9 heteroatoms. The van der Waals surface area contributed by atoms with Crippen LogP contribution in [0.5, 0.6) is 0 Å². The lowest BCUT2D eigenvalue weighted by Crippen LogP contribution is -2.49. The van der Waals surface area contributed by atoms with E-state index in [1.54, 1.807) is 24.3 Å². The number of hydrogen-bond acceptors (Lipinski definition) is 5. The van der Waals surface area contributed by atoms with Crippen molar-refractivity contribution in [2.45, 2.75) is 31.0 Å². The molecule has 0 saturated carbocycles. The van der Waals surface area contributed by atoms with Crippen LogP contribution in [0.4, 0.5) is 5.69 Å². The molecular weight excluding hydrogens is 374 g/mol. The Morgan fingerprint density at radius 3 is 2.27 bits per heavy atom. The van der Waals surface area contributed by atoms with Crippen LogP contribution in [0.2, 0.25) is 0 Å². The summed E-state index contributed by atoms with van der Waals surface area (Å²) in [4.78, 5) is 2.36. The van der Waals surface area contributed by atoms with Crippen LogP contribution in [-0.4, -0.2) is 74.3 Å². The van der Waals surface area contributed by atoms with Crippen molar-refractivity contribution in [1.29, 1.82) is 0 Å². The van der Waals surface area contributed by atoms with Gasteiger partial charge in [-0.15, -0.1) is 0 Å². The lowest BCUT2D eigenvalue weighted by atomic mass is 10.2. The first-order valence-electron chi connectivity index (χ1n) is 8.75. The molecule has 1 aromatic carbocycles. The van der Waals surface area contributed by atoms with Gasteiger partial charge in [0.15, 0.2) is 5.11 Å². The number of hydrogen-bond donors (Lipinski definition) is 1. The van der Waals surface area contributed by atoms with Gasteiger partial charge in [-0.05, 0) is 50.3 Å². The van der Waals surface area contributed by atoms with Gasteiger partial charge in [-0.1, -0.05) is 0 Å². The third-order valence-corrected chi connectivity index (χ3v) is 6.69. The second-order valence-electron chi connectivity index (χ2n) is 6.63. The molecule has 2 saturated heterocycles. The Hall–Kier alpha value is -1.26. The molecule has 1 aromatic rings. The maximum atomic E-state index is 12.6. The topological polar surface area (TPSA) is 71.1 Å². The maximum absolute atomic E-state index is 12.6. The van der Waals surface area contributed by atoms with E-state index in [9.17, 15) is 8.42 Å². The molecule has 1 N–H and O–H groups in total. The molecule has 144 valence electrons. The van der Waals surface area contributed by atoms with Crippen molar-refractivity contribution < 1.29 is 17.9 Å². The molecule has 0 unspecified atom stereocenters. The number of rotatable bonds is 3. The fraction of sp³-hybridized carbons (Fsp3) is 0.588. The molecule has 0 radical (unpaired) electrons. The van der Waals surface area contributed by atoms with E-state index < -0.39 is 10.0 Å². The normalized spacial score (nSPS) is 25.1. The zero-order valence-corrected chi connectivity index (χ0v) is 16.7. The number of sulfonamides is 1. The van der Waals surface area contributed by atoms with E-state index in [-0.39, 0.29) is 17.1 Å². The number of morpholine rings is 2. The van der Waals surface area contributed by atoms with Crippen LogP contribution >= 0.6 is 12.2 Å². The minimum absolute atomic E-state index is 0.125. The number of benzene rings is 1. The Morgan fingerprint density at radius 1 is 1.12 bits per heavy atom. The first kappa shape index (κ1) is 19.5. The van der Waals surface area contributed by atoms with Gasteiger partial charge in [0.1, 0.15) is 0 Å². The van der Waals surface area contributed by atoms with Gasteiger partial charge in [0.05, 0.1) is 30.3 Å². The number of anilines is 1. The lowest BCUT2D eigenvalue weighted by Gasteiger charge is -2.36. The molecule has 2 aliphatic heterocycles. The Bertz CT molecular complexity index is 723. The molecule has 7 nitrogen and oxygen atoms in total. The van der Waals surface area contributed by atoms with Crippen LogP contribution in [0.1, 0.15) is 13.8 Å². The van der Waals surface area contributed by atoms with Crippen molar-refractivity contribution >= 4 is 33.0 Å². The molecule has 3 rings (SSSR count). The summed E-state index contributed by atoms with van der Waals surface area (Å²) >= 11 is 5.49. The summed E-state index contributed by atoms with van der Waals surface area (Å²) in [5.74, 6) is 0. The molecule has 2 aliphatic rings. The summed E-state index contributed by atoms with van der Waals surface area (Å²) in [5, 5.41) is 3.81. The van der Waals surface area contributed by atoms with Crippen LogP contribution in [0.25, 0.3) is 0 Å². The van der Waals surface area contributed by atoms with Crippen LogP contribution < -0.4 is 5.32 Å². The Balaban J connectivity index is 1.65. The molecule has 0 aliphatic carbocycles. The highest BCUT2D eigenvalue weighted by Crippen LogP contribution is 2.20.